The van der Waals surface area contributed by atoms with Gasteiger partial charge in [-0.05, 0) is 43.7 Å². The Hall–Kier alpha value is -3.07. The number of anilines is 2. The maximum Gasteiger partial charge on any atom is 0.261 e. The third kappa shape index (κ3) is 5.71. The lowest BCUT2D eigenvalue weighted by atomic mass is 10.1. The van der Waals surface area contributed by atoms with Gasteiger partial charge in [-0.25, -0.2) is 8.42 Å². The molecule has 2 aromatic rings. The lowest BCUT2D eigenvalue weighted by molar-refractivity contribution is -0.114. The highest BCUT2D eigenvalue weighted by atomic mass is 32.2. The fourth-order valence-corrected chi connectivity index (χ4v) is 3.62. The van der Waals surface area contributed by atoms with Gasteiger partial charge in [-0.1, -0.05) is 19.1 Å². The molecule has 2 aromatic carbocycles. The number of benzene rings is 2. The Morgan fingerprint density at radius 2 is 1.79 bits per heavy atom. The second-order valence-electron chi connectivity index (χ2n) is 6.48. The molecule has 156 valence electrons. The van der Waals surface area contributed by atoms with Gasteiger partial charge in [0.05, 0.1) is 28.9 Å². The molecule has 0 aliphatic heterocycles. The number of nitrogens with one attached hydrogen (secondary N) is 3. The predicted molar refractivity (Wildman–Crippen MR) is 112 cm³/mol. The molecule has 0 saturated carbocycles. The molecule has 0 aliphatic carbocycles. The van der Waals surface area contributed by atoms with Crippen LogP contribution in [0.3, 0.4) is 0 Å². The number of rotatable bonds is 8. The molecule has 0 fully saturated rings. The van der Waals surface area contributed by atoms with E-state index in [0.717, 1.165) is 6.42 Å². The third-order valence-corrected chi connectivity index (χ3v) is 5.56. The molecule has 0 radical (unpaired) electrons. The molecule has 2 amide bonds. The van der Waals surface area contributed by atoms with Crippen LogP contribution >= 0.6 is 0 Å². The van der Waals surface area contributed by atoms with E-state index in [1.54, 1.807) is 18.2 Å². The van der Waals surface area contributed by atoms with E-state index in [2.05, 4.69) is 15.4 Å². The third-order valence-electron chi connectivity index (χ3n) is 4.20. The normalized spacial score (nSPS) is 12.0. The van der Waals surface area contributed by atoms with E-state index in [9.17, 15) is 18.0 Å². The summed E-state index contributed by atoms with van der Waals surface area (Å²) in [6.45, 7) is 5.12. The van der Waals surface area contributed by atoms with Crippen molar-refractivity contribution in [2.45, 2.75) is 38.1 Å². The topological polar surface area (TPSA) is 114 Å². The first kappa shape index (κ1) is 22.2. The van der Waals surface area contributed by atoms with Crippen molar-refractivity contribution < 1.29 is 22.7 Å². The summed E-state index contributed by atoms with van der Waals surface area (Å²) in [5.74, 6) is -0.406. The van der Waals surface area contributed by atoms with Crippen molar-refractivity contribution in [2.75, 3.05) is 17.1 Å². The van der Waals surface area contributed by atoms with Crippen LogP contribution in [-0.4, -0.2) is 33.4 Å². The first-order chi connectivity index (χ1) is 13.7. The highest BCUT2D eigenvalue weighted by Gasteiger charge is 2.21. The van der Waals surface area contributed by atoms with Gasteiger partial charge in [-0.2, -0.15) is 0 Å². The summed E-state index contributed by atoms with van der Waals surface area (Å²) in [5.41, 5.74) is 0.600. The molecule has 9 heteroatoms. The fraction of sp³-hybridized carbons (Fsp3) is 0.300. The molecule has 0 bridgehead atoms. The molecule has 0 saturated heterocycles. The first-order valence-corrected chi connectivity index (χ1v) is 10.5. The van der Waals surface area contributed by atoms with Gasteiger partial charge in [0, 0.05) is 13.0 Å². The molecular weight excluding hydrogens is 394 g/mol. The van der Waals surface area contributed by atoms with Crippen molar-refractivity contribution in [3.63, 3.8) is 0 Å². The number of ether oxygens (including phenoxy) is 1. The zero-order valence-electron chi connectivity index (χ0n) is 16.8. The minimum absolute atomic E-state index is 0.0473. The van der Waals surface area contributed by atoms with Crippen molar-refractivity contribution in [1.82, 2.24) is 5.32 Å². The first-order valence-electron chi connectivity index (χ1n) is 9.06. The molecular formula is C20H25N3O5S. The Labute approximate surface area is 170 Å². The second kappa shape index (κ2) is 9.42. The average molecular weight is 420 g/mol. The van der Waals surface area contributed by atoms with Crippen LogP contribution in [0.25, 0.3) is 0 Å². The van der Waals surface area contributed by atoms with Crippen LogP contribution in [0.5, 0.6) is 5.75 Å². The SMILES string of the molecule is CC[C@H](C)NC(=O)c1ccccc1NS(=O)(=O)c1ccc(OC)c(NC(C)=O)c1. The summed E-state index contributed by atoms with van der Waals surface area (Å²) < 4.78 is 33.4. The maximum absolute atomic E-state index is 12.9. The summed E-state index contributed by atoms with van der Waals surface area (Å²) in [7, 11) is -2.61. The van der Waals surface area contributed by atoms with Crippen molar-refractivity contribution in [3.05, 3.63) is 48.0 Å². The molecule has 0 aliphatic rings. The largest absolute Gasteiger partial charge is 0.495 e. The number of para-hydroxylation sites is 1. The lowest BCUT2D eigenvalue weighted by Crippen LogP contribution is -2.32. The Kier molecular flexibility index (Phi) is 7.22. The molecule has 0 heterocycles. The quantitative estimate of drug-likeness (QED) is 0.609. The van der Waals surface area contributed by atoms with E-state index in [1.807, 2.05) is 13.8 Å². The van der Waals surface area contributed by atoms with E-state index >= 15 is 0 Å². The van der Waals surface area contributed by atoms with Gasteiger partial charge in [0.15, 0.2) is 0 Å². The van der Waals surface area contributed by atoms with Gasteiger partial charge < -0.3 is 15.4 Å². The molecule has 8 nitrogen and oxygen atoms in total. The maximum atomic E-state index is 12.9. The fourth-order valence-electron chi connectivity index (χ4n) is 2.52. The number of carbonyl (C=O) groups excluding carboxylic acids is 2. The van der Waals surface area contributed by atoms with Crippen molar-refractivity contribution in [2.24, 2.45) is 0 Å². The minimum atomic E-state index is -4.02. The molecule has 2 rings (SSSR count). The van der Waals surface area contributed by atoms with Crippen LogP contribution in [0.15, 0.2) is 47.4 Å². The zero-order valence-corrected chi connectivity index (χ0v) is 17.6. The Balaban J connectivity index is 2.37. The summed E-state index contributed by atoms with van der Waals surface area (Å²) in [6, 6.07) is 10.4. The minimum Gasteiger partial charge on any atom is -0.495 e. The van der Waals surface area contributed by atoms with Crippen molar-refractivity contribution in [1.29, 1.82) is 0 Å². The van der Waals surface area contributed by atoms with Crippen LogP contribution in [-0.2, 0) is 14.8 Å². The van der Waals surface area contributed by atoms with Gasteiger partial charge in [0.25, 0.3) is 15.9 Å². The van der Waals surface area contributed by atoms with E-state index in [0.29, 0.717) is 5.75 Å². The lowest BCUT2D eigenvalue weighted by Gasteiger charge is -2.16. The summed E-state index contributed by atoms with van der Waals surface area (Å²) in [4.78, 5) is 23.8. The van der Waals surface area contributed by atoms with Gasteiger partial charge in [-0.15, -0.1) is 0 Å². The number of carbonyl (C=O) groups is 2. The standard InChI is InChI=1S/C20H25N3O5S/c1-5-13(2)21-20(25)16-8-6-7-9-17(16)23-29(26,27)15-10-11-19(28-4)18(12-15)22-14(3)24/h6-13,23H,5H2,1-4H3,(H,21,25)(H,22,24)/t13-/m0/s1. The number of methoxy groups -OCH3 is 1. The Bertz CT molecular complexity index is 1000. The number of amides is 2. The molecule has 1 atom stereocenters. The van der Waals surface area contributed by atoms with Crippen LogP contribution < -0.4 is 20.1 Å². The highest BCUT2D eigenvalue weighted by molar-refractivity contribution is 7.92. The monoisotopic (exact) mass is 419 g/mol. The Morgan fingerprint density at radius 1 is 1.10 bits per heavy atom. The predicted octanol–water partition coefficient (Wildman–Crippen LogP) is 2.98. The molecule has 0 aromatic heterocycles. The summed E-state index contributed by atoms with van der Waals surface area (Å²) in [5, 5.41) is 5.36. The van der Waals surface area contributed by atoms with E-state index < -0.39 is 10.0 Å². The van der Waals surface area contributed by atoms with Crippen LogP contribution in [0.1, 0.15) is 37.6 Å². The number of sulfonamides is 1. The van der Waals surface area contributed by atoms with Crippen LogP contribution in [0.4, 0.5) is 11.4 Å². The molecule has 0 unspecified atom stereocenters. The molecule has 0 spiro atoms. The molecule has 29 heavy (non-hydrogen) atoms. The van der Waals surface area contributed by atoms with Crippen molar-refractivity contribution >= 4 is 33.2 Å². The summed E-state index contributed by atoms with van der Waals surface area (Å²) in [6.07, 6.45) is 0.747. The van der Waals surface area contributed by atoms with E-state index in [4.69, 9.17) is 4.74 Å². The average Bonchev–Trinajstić information content (AvgIpc) is 2.67. The number of hydrogen-bond acceptors (Lipinski definition) is 5. The van der Waals surface area contributed by atoms with E-state index in [-0.39, 0.29) is 39.7 Å². The van der Waals surface area contributed by atoms with Gasteiger partial charge >= 0.3 is 0 Å². The van der Waals surface area contributed by atoms with Crippen molar-refractivity contribution in [3.8, 4) is 5.75 Å². The Morgan fingerprint density at radius 3 is 2.41 bits per heavy atom. The molecule has 3 N–H and O–H groups in total. The van der Waals surface area contributed by atoms with Gasteiger partial charge in [-0.3, -0.25) is 14.3 Å². The van der Waals surface area contributed by atoms with Gasteiger partial charge in [0.2, 0.25) is 5.91 Å². The van der Waals surface area contributed by atoms with Crippen LogP contribution in [0, 0.1) is 0 Å². The summed E-state index contributed by atoms with van der Waals surface area (Å²) >= 11 is 0. The highest BCUT2D eigenvalue weighted by Crippen LogP contribution is 2.29. The smallest absolute Gasteiger partial charge is 0.261 e. The van der Waals surface area contributed by atoms with Gasteiger partial charge in [0.1, 0.15) is 5.75 Å². The van der Waals surface area contributed by atoms with Crippen LogP contribution in [0.2, 0.25) is 0 Å². The zero-order chi connectivity index (χ0) is 21.6. The second-order valence-corrected chi connectivity index (χ2v) is 8.16. The number of hydrogen-bond donors (Lipinski definition) is 3. The van der Waals surface area contributed by atoms with E-state index in [1.165, 1.54) is 38.3 Å².